The van der Waals surface area contributed by atoms with Crippen LogP contribution >= 0.6 is 0 Å². The maximum atomic E-state index is 14.0. The molecule has 2 aromatic carbocycles. The predicted octanol–water partition coefficient (Wildman–Crippen LogP) is 3.65. The zero-order valence-electron chi connectivity index (χ0n) is 19.1. The van der Waals surface area contributed by atoms with Crippen molar-refractivity contribution in [3.63, 3.8) is 0 Å². The smallest absolute Gasteiger partial charge is 0.275 e. The van der Waals surface area contributed by atoms with Crippen LogP contribution in [0.5, 0.6) is 11.5 Å². The van der Waals surface area contributed by atoms with Crippen molar-refractivity contribution in [1.82, 2.24) is 24.9 Å². The van der Waals surface area contributed by atoms with Crippen molar-refractivity contribution < 1.29 is 18.3 Å². The number of ether oxygens (including phenoxy) is 1. The molecule has 1 unspecified atom stereocenters. The van der Waals surface area contributed by atoms with Crippen LogP contribution in [0.15, 0.2) is 59.9 Å². The number of aromatic amines is 1. The number of aromatic nitrogens is 4. The number of halogens is 2. The molecule has 1 aliphatic rings. The van der Waals surface area contributed by atoms with Crippen molar-refractivity contribution in [2.75, 3.05) is 18.8 Å². The molecular formula is C25H22F2N6O3. The molecule has 0 spiro atoms. The largest absolute Gasteiger partial charge is 0.454 e. The Balaban J connectivity index is 1.54. The average molecular weight is 492 g/mol. The molecule has 9 nitrogen and oxygen atoms in total. The molecule has 11 heteroatoms. The lowest BCUT2D eigenvalue weighted by atomic mass is 9.93. The molecular weight excluding hydrogens is 470 g/mol. The minimum atomic E-state index is -1.08. The number of anilines is 1. The summed E-state index contributed by atoms with van der Waals surface area (Å²) in [6.45, 7) is 4.55. The molecule has 36 heavy (non-hydrogen) atoms. The summed E-state index contributed by atoms with van der Waals surface area (Å²) in [7, 11) is 0. The average Bonchev–Trinajstić information content (AvgIpc) is 3.31. The molecule has 1 aliphatic heterocycles. The minimum absolute atomic E-state index is 0.0836. The molecule has 0 aliphatic carbocycles. The highest BCUT2D eigenvalue weighted by atomic mass is 19.2. The number of carbonyl (C=O) groups is 1. The summed E-state index contributed by atoms with van der Waals surface area (Å²) in [6.07, 6.45) is 2.76. The Labute approximate surface area is 203 Å². The lowest BCUT2D eigenvalue weighted by Gasteiger charge is -2.31. The molecule has 1 atom stereocenters. The van der Waals surface area contributed by atoms with Gasteiger partial charge in [0, 0.05) is 19.0 Å². The maximum Gasteiger partial charge on any atom is 0.275 e. The number of H-pyrrole nitrogens is 1. The first-order valence-electron chi connectivity index (χ1n) is 11.3. The Morgan fingerprint density at radius 1 is 1.22 bits per heavy atom. The zero-order valence-corrected chi connectivity index (χ0v) is 19.1. The van der Waals surface area contributed by atoms with E-state index >= 15 is 0 Å². The summed E-state index contributed by atoms with van der Waals surface area (Å²) in [6, 6.07) is 10.1. The van der Waals surface area contributed by atoms with Crippen molar-refractivity contribution in [3.05, 3.63) is 82.8 Å². The van der Waals surface area contributed by atoms with Gasteiger partial charge in [-0.15, -0.1) is 0 Å². The number of piperidine rings is 1. The Morgan fingerprint density at radius 2 is 2.00 bits per heavy atom. The van der Waals surface area contributed by atoms with Crippen molar-refractivity contribution in [3.8, 4) is 17.2 Å². The Kier molecular flexibility index (Phi) is 5.96. The molecule has 0 saturated carbocycles. The summed E-state index contributed by atoms with van der Waals surface area (Å²) in [4.78, 5) is 26.7. The first-order valence-corrected chi connectivity index (χ1v) is 11.3. The molecule has 3 heterocycles. The van der Waals surface area contributed by atoms with Gasteiger partial charge < -0.3 is 15.4 Å². The number of likely N-dealkylation sites (tertiary alicyclic amines) is 1. The number of nitrogen functional groups attached to an aromatic ring is 1. The number of benzene rings is 2. The second-order valence-corrected chi connectivity index (χ2v) is 8.43. The third-order valence-corrected chi connectivity index (χ3v) is 6.18. The third-order valence-electron chi connectivity index (χ3n) is 6.18. The normalized spacial score (nSPS) is 15.7. The quantitative estimate of drug-likeness (QED) is 0.411. The number of nitrogens with two attached hydrogens (primary N) is 1. The van der Waals surface area contributed by atoms with Crippen molar-refractivity contribution in [2.24, 2.45) is 0 Å². The molecule has 2 aromatic heterocycles. The van der Waals surface area contributed by atoms with Gasteiger partial charge in [0.1, 0.15) is 11.3 Å². The number of nitrogens with one attached hydrogen (secondary N) is 1. The van der Waals surface area contributed by atoms with Crippen LogP contribution in [0.3, 0.4) is 0 Å². The van der Waals surface area contributed by atoms with Gasteiger partial charge in [0.25, 0.3) is 5.56 Å². The SMILES string of the molecule is C=CC(=O)N1CCCC(c2nn(-c3ccc(Oc4cccc(F)c4F)cc3)c3c(N)n[nH]c(=O)c23)C1. The number of carbonyl (C=O) groups excluding carboxylic acids is 1. The Bertz CT molecular complexity index is 1530. The van der Waals surface area contributed by atoms with E-state index in [9.17, 15) is 18.4 Å². The van der Waals surface area contributed by atoms with E-state index in [1.54, 1.807) is 29.2 Å². The summed E-state index contributed by atoms with van der Waals surface area (Å²) < 4.78 is 34.5. The number of amides is 1. The monoisotopic (exact) mass is 492 g/mol. The standard InChI is InChI=1S/C25H22F2N6O3/c1-2-19(34)32-12-4-5-14(13-32)22-20-23(24(28)29-30-25(20)35)33(31-22)15-8-10-16(11-9-15)36-18-7-3-6-17(26)21(18)27/h2-3,6-11,14H,1,4-5,12-13H2,(H2,28,29)(H,30,35). The summed E-state index contributed by atoms with van der Waals surface area (Å²) in [5.41, 5.74) is 7.11. The summed E-state index contributed by atoms with van der Waals surface area (Å²) in [5, 5.41) is 11.3. The van der Waals surface area contributed by atoms with Crippen LogP contribution in [0.25, 0.3) is 16.6 Å². The number of hydrogen-bond acceptors (Lipinski definition) is 6. The van der Waals surface area contributed by atoms with Gasteiger partial charge in [-0.3, -0.25) is 9.59 Å². The van der Waals surface area contributed by atoms with Gasteiger partial charge in [0.15, 0.2) is 17.4 Å². The van der Waals surface area contributed by atoms with Gasteiger partial charge in [-0.2, -0.15) is 14.6 Å². The lowest BCUT2D eigenvalue weighted by Crippen LogP contribution is -2.38. The van der Waals surface area contributed by atoms with Gasteiger partial charge in [-0.25, -0.2) is 14.2 Å². The number of nitrogens with zero attached hydrogens (tertiary/aromatic N) is 4. The first-order chi connectivity index (χ1) is 17.4. The van der Waals surface area contributed by atoms with E-state index in [1.807, 2.05) is 0 Å². The van der Waals surface area contributed by atoms with Gasteiger partial charge in [0.2, 0.25) is 11.7 Å². The molecule has 4 aromatic rings. The highest BCUT2D eigenvalue weighted by Crippen LogP contribution is 2.33. The van der Waals surface area contributed by atoms with E-state index in [0.717, 1.165) is 18.9 Å². The summed E-state index contributed by atoms with van der Waals surface area (Å²) >= 11 is 0. The number of hydrogen-bond donors (Lipinski definition) is 2. The molecule has 3 N–H and O–H groups in total. The first kappa shape index (κ1) is 23.2. The van der Waals surface area contributed by atoms with Gasteiger partial charge in [-0.05, 0) is 55.3 Å². The number of rotatable bonds is 5. The van der Waals surface area contributed by atoms with Crippen LogP contribution in [-0.2, 0) is 4.79 Å². The van der Waals surface area contributed by atoms with Crippen LogP contribution in [0.4, 0.5) is 14.6 Å². The molecule has 184 valence electrons. The van der Waals surface area contributed by atoms with E-state index in [2.05, 4.69) is 16.8 Å². The fourth-order valence-electron chi connectivity index (χ4n) is 4.46. The van der Waals surface area contributed by atoms with Crippen LogP contribution in [-0.4, -0.2) is 43.9 Å². The van der Waals surface area contributed by atoms with E-state index < -0.39 is 17.2 Å². The summed E-state index contributed by atoms with van der Waals surface area (Å²) in [5.74, 6) is -2.35. The topological polar surface area (TPSA) is 119 Å². The second kappa shape index (κ2) is 9.25. The Morgan fingerprint density at radius 3 is 2.75 bits per heavy atom. The fourth-order valence-corrected chi connectivity index (χ4v) is 4.46. The van der Waals surface area contributed by atoms with Gasteiger partial charge in [0.05, 0.1) is 16.8 Å². The van der Waals surface area contributed by atoms with Crippen LogP contribution in [0.1, 0.15) is 24.5 Å². The number of fused-ring (bicyclic) bond motifs is 1. The molecule has 1 amide bonds. The second-order valence-electron chi connectivity index (χ2n) is 8.43. The molecule has 0 radical (unpaired) electrons. The highest BCUT2D eigenvalue weighted by Gasteiger charge is 2.30. The predicted molar refractivity (Wildman–Crippen MR) is 129 cm³/mol. The third kappa shape index (κ3) is 4.08. The van der Waals surface area contributed by atoms with E-state index in [1.165, 1.54) is 22.9 Å². The van der Waals surface area contributed by atoms with Crippen molar-refractivity contribution >= 4 is 22.6 Å². The van der Waals surface area contributed by atoms with Crippen molar-refractivity contribution in [1.29, 1.82) is 0 Å². The van der Waals surface area contributed by atoms with Gasteiger partial charge >= 0.3 is 0 Å². The Hall–Kier alpha value is -4.54. The van der Waals surface area contributed by atoms with E-state index in [0.29, 0.717) is 35.4 Å². The fraction of sp³-hybridized carbons (Fsp3) is 0.200. The molecule has 1 saturated heterocycles. The van der Waals surface area contributed by atoms with Crippen molar-refractivity contribution in [2.45, 2.75) is 18.8 Å². The van der Waals surface area contributed by atoms with Crippen LogP contribution < -0.4 is 16.0 Å². The molecule has 0 bridgehead atoms. The molecule has 5 rings (SSSR count). The van der Waals surface area contributed by atoms with E-state index in [-0.39, 0.29) is 29.1 Å². The molecule has 1 fully saturated rings. The van der Waals surface area contributed by atoms with Crippen LogP contribution in [0, 0.1) is 11.6 Å². The lowest BCUT2D eigenvalue weighted by molar-refractivity contribution is -0.127. The van der Waals surface area contributed by atoms with E-state index in [4.69, 9.17) is 15.6 Å². The van der Waals surface area contributed by atoms with Crippen LogP contribution in [0.2, 0.25) is 0 Å². The maximum absolute atomic E-state index is 14.0. The highest BCUT2D eigenvalue weighted by molar-refractivity contribution is 5.91. The zero-order chi connectivity index (χ0) is 25.4. The van der Waals surface area contributed by atoms with Gasteiger partial charge in [-0.1, -0.05) is 12.6 Å². The minimum Gasteiger partial charge on any atom is -0.454 e.